The fourth-order valence-electron chi connectivity index (χ4n) is 10.1. The molecule has 9 aromatic rings. The second-order valence-corrected chi connectivity index (χ2v) is 16.1. The highest BCUT2D eigenvalue weighted by Gasteiger charge is 2.46. The Morgan fingerprint density at radius 2 is 0.825 bits per heavy atom. The van der Waals surface area contributed by atoms with Gasteiger partial charge in [-0.05, 0) is 114 Å². The van der Waals surface area contributed by atoms with Crippen LogP contribution in [0, 0.1) is 0 Å². The monoisotopic (exact) mass is 727 g/mol. The van der Waals surface area contributed by atoms with Gasteiger partial charge in [-0.25, -0.2) is 0 Å². The van der Waals surface area contributed by atoms with E-state index in [0.29, 0.717) is 0 Å². The fourth-order valence-corrected chi connectivity index (χ4v) is 10.1. The molecule has 11 rings (SSSR count). The highest BCUT2D eigenvalue weighted by atomic mass is 15.1. The van der Waals surface area contributed by atoms with Gasteiger partial charge in [0, 0.05) is 22.4 Å². The number of nitrogens with zero attached hydrogens (tertiary/aromatic N) is 1. The van der Waals surface area contributed by atoms with E-state index >= 15 is 0 Å². The van der Waals surface area contributed by atoms with Gasteiger partial charge in [0.2, 0.25) is 0 Å². The van der Waals surface area contributed by atoms with Crippen LogP contribution in [0.25, 0.3) is 44.2 Å². The van der Waals surface area contributed by atoms with Crippen LogP contribution in [0.15, 0.2) is 212 Å². The van der Waals surface area contributed by atoms with E-state index in [2.05, 4.69) is 231 Å². The normalized spacial score (nSPS) is 14.1. The van der Waals surface area contributed by atoms with Gasteiger partial charge in [0.15, 0.2) is 0 Å². The van der Waals surface area contributed by atoms with Gasteiger partial charge >= 0.3 is 0 Å². The fraction of sp³-hybridized carbons (Fsp3) is 0.0714. The molecule has 0 aromatic heterocycles. The van der Waals surface area contributed by atoms with Gasteiger partial charge in [-0.2, -0.15) is 0 Å². The molecule has 0 saturated carbocycles. The number of benzene rings is 9. The largest absolute Gasteiger partial charge is 0.310 e. The van der Waals surface area contributed by atoms with Crippen LogP contribution in [-0.4, -0.2) is 0 Å². The van der Waals surface area contributed by atoms with E-state index in [4.69, 9.17) is 0 Å². The predicted molar refractivity (Wildman–Crippen MR) is 239 cm³/mol. The minimum absolute atomic E-state index is 0.169. The molecule has 2 aliphatic rings. The molecular weight excluding hydrogens is 687 g/mol. The van der Waals surface area contributed by atoms with Gasteiger partial charge in [-0.1, -0.05) is 184 Å². The molecule has 270 valence electrons. The molecule has 0 unspecified atom stereocenters. The van der Waals surface area contributed by atoms with Gasteiger partial charge in [-0.15, -0.1) is 0 Å². The second-order valence-electron chi connectivity index (χ2n) is 16.1. The highest BCUT2D eigenvalue weighted by Crippen LogP contribution is 2.58. The van der Waals surface area contributed by atoms with Crippen LogP contribution < -0.4 is 4.90 Å². The molecule has 1 heteroatoms. The molecule has 0 amide bonds. The van der Waals surface area contributed by atoms with Crippen LogP contribution in [0.2, 0.25) is 0 Å². The lowest BCUT2D eigenvalue weighted by Gasteiger charge is -2.34. The molecule has 57 heavy (non-hydrogen) atoms. The second kappa shape index (κ2) is 12.8. The van der Waals surface area contributed by atoms with Gasteiger partial charge < -0.3 is 4.90 Å². The Bertz CT molecular complexity index is 2940. The smallest absolute Gasteiger partial charge is 0.0713 e. The van der Waals surface area contributed by atoms with Gasteiger partial charge in [0.1, 0.15) is 0 Å². The van der Waals surface area contributed by atoms with E-state index in [-0.39, 0.29) is 5.41 Å². The Kier molecular flexibility index (Phi) is 7.50. The summed E-state index contributed by atoms with van der Waals surface area (Å²) in [7, 11) is 0. The molecule has 1 nitrogen and oxygen atoms in total. The van der Waals surface area contributed by atoms with Crippen molar-refractivity contribution in [2.24, 2.45) is 0 Å². The van der Waals surface area contributed by atoms with E-state index in [9.17, 15) is 0 Å². The summed E-state index contributed by atoms with van der Waals surface area (Å²) in [5.74, 6) is 0. The van der Waals surface area contributed by atoms with Crippen LogP contribution in [0.1, 0.15) is 47.2 Å². The molecule has 0 aliphatic heterocycles. The number of rotatable bonds is 6. The number of fused-ring (bicyclic) bond motifs is 7. The minimum atomic E-state index is -0.452. The Morgan fingerprint density at radius 3 is 1.54 bits per heavy atom. The molecule has 0 saturated heterocycles. The summed E-state index contributed by atoms with van der Waals surface area (Å²) in [6, 6.07) is 78.7. The standard InChI is InChI=1S/C56H41N/c1-55(2)52-35-40-21-13-12-20-39(40)34-48(52)47-32-30-44(37-53(47)55)57(54-29-17-15-26-45(54)38-18-6-3-7-19-38)43-31-33-51-49(36-43)46-27-14-16-28-50(46)56(51,41-22-8-4-9-23-41)42-24-10-5-11-25-42/h3-37H,1-2H3. The van der Waals surface area contributed by atoms with E-state index in [1.807, 2.05) is 0 Å². The topological polar surface area (TPSA) is 3.24 Å². The Morgan fingerprint density at radius 1 is 0.333 bits per heavy atom. The zero-order valence-corrected chi connectivity index (χ0v) is 32.2. The summed E-state index contributed by atoms with van der Waals surface area (Å²) >= 11 is 0. The predicted octanol–water partition coefficient (Wildman–Crippen LogP) is 14.6. The van der Waals surface area contributed by atoms with Crippen molar-refractivity contribution in [2.45, 2.75) is 24.7 Å². The van der Waals surface area contributed by atoms with Crippen LogP contribution in [0.5, 0.6) is 0 Å². The molecule has 0 atom stereocenters. The van der Waals surface area contributed by atoms with Crippen LogP contribution >= 0.6 is 0 Å². The lowest BCUT2D eigenvalue weighted by Crippen LogP contribution is -2.28. The zero-order chi connectivity index (χ0) is 38.1. The van der Waals surface area contributed by atoms with Gasteiger partial charge in [0.05, 0.1) is 11.1 Å². The van der Waals surface area contributed by atoms with Crippen molar-refractivity contribution in [3.63, 3.8) is 0 Å². The maximum Gasteiger partial charge on any atom is 0.0713 e. The summed E-state index contributed by atoms with van der Waals surface area (Å²) in [5.41, 5.74) is 18.3. The van der Waals surface area contributed by atoms with Gasteiger partial charge in [-0.3, -0.25) is 0 Å². The first-order chi connectivity index (χ1) is 28.0. The van der Waals surface area contributed by atoms with Crippen LogP contribution in [0.4, 0.5) is 17.1 Å². The zero-order valence-electron chi connectivity index (χ0n) is 32.2. The average molecular weight is 728 g/mol. The third-order valence-electron chi connectivity index (χ3n) is 12.7. The lowest BCUT2D eigenvalue weighted by atomic mass is 9.68. The maximum absolute atomic E-state index is 2.49. The van der Waals surface area contributed by atoms with Crippen molar-refractivity contribution >= 4 is 27.8 Å². The molecule has 9 aromatic carbocycles. The first-order valence-corrected chi connectivity index (χ1v) is 20.0. The van der Waals surface area contributed by atoms with Crippen molar-refractivity contribution < 1.29 is 0 Å². The molecule has 0 heterocycles. The molecule has 0 N–H and O–H groups in total. The average Bonchev–Trinajstić information content (AvgIpc) is 3.69. The summed E-state index contributed by atoms with van der Waals surface area (Å²) in [4.78, 5) is 2.49. The summed E-state index contributed by atoms with van der Waals surface area (Å²) in [6.07, 6.45) is 0. The van der Waals surface area contributed by atoms with Gasteiger partial charge in [0.25, 0.3) is 0 Å². The Balaban J connectivity index is 1.16. The van der Waals surface area contributed by atoms with Crippen molar-refractivity contribution in [3.05, 3.63) is 246 Å². The molecular formula is C56H41N. The molecule has 0 spiro atoms. The number of hydrogen-bond donors (Lipinski definition) is 0. The quantitative estimate of drug-likeness (QED) is 0.165. The van der Waals surface area contributed by atoms with Crippen molar-refractivity contribution in [1.29, 1.82) is 0 Å². The molecule has 0 bridgehead atoms. The molecule has 0 fully saturated rings. The molecule has 0 radical (unpaired) electrons. The van der Waals surface area contributed by atoms with Crippen LogP contribution in [-0.2, 0) is 10.8 Å². The molecule has 2 aliphatic carbocycles. The van der Waals surface area contributed by atoms with Crippen molar-refractivity contribution in [2.75, 3.05) is 4.90 Å². The number of hydrogen-bond acceptors (Lipinski definition) is 1. The SMILES string of the molecule is CC1(C)c2cc(N(c3ccc4c(c3)-c3ccccc3C4(c3ccccc3)c3ccccc3)c3ccccc3-c3ccccc3)ccc2-c2cc3ccccc3cc21. The lowest BCUT2D eigenvalue weighted by molar-refractivity contribution is 0.661. The first-order valence-electron chi connectivity index (χ1n) is 20.0. The Labute approximate surface area is 335 Å². The number of para-hydroxylation sites is 1. The third-order valence-corrected chi connectivity index (χ3v) is 12.7. The van der Waals surface area contributed by atoms with Crippen molar-refractivity contribution in [3.8, 4) is 33.4 Å². The number of anilines is 3. The first kappa shape index (κ1) is 33.4. The van der Waals surface area contributed by atoms with Crippen molar-refractivity contribution in [1.82, 2.24) is 0 Å². The minimum Gasteiger partial charge on any atom is -0.310 e. The van der Waals surface area contributed by atoms with E-state index in [1.54, 1.807) is 0 Å². The summed E-state index contributed by atoms with van der Waals surface area (Å²) in [5, 5.41) is 2.57. The van der Waals surface area contributed by atoms with Crippen LogP contribution in [0.3, 0.4) is 0 Å². The summed E-state index contributed by atoms with van der Waals surface area (Å²) in [6.45, 7) is 4.77. The summed E-state index contributed by atoms with van der Waals surface area (Å²) < 4.78 is 0. The Hall–Kier alpha value is -6.96. The van der Waals surface area contributed by atoms with E-state index in [0.717, 1.165) is 17.1 Å². The third kappa shape index (κ3) is 4.95. The van der Waals surface area contributed by atoms with E-state index < -0.39 is 5.41 Å². The maximum atomic E-state index is 2.49. The highest BCUT2D eigenvalue weighted by molar-refractivity contribution is 5.96. The van der Waals surface area contributed by atoms with E-state index in [1.165, 1.54) is 77.5 Å².